The van der Waals surface area contributed by atoms with Crippen LogP contribution in [0.5, 0.6) is 0 Å². The van der Waals surface area contributed by atoms with Crippen LogP contribution in [0.2, 0.25) is 0 Å². The van der Waals surface area contributed by atoms with Crippen LogP contribution < -0.4 is 11.2 Å². The molecule has 0 spiro atoms. The first kappa shape index (κ1) is 11.7. The van der Waals surface area contributed by atoms with E-state index in [1.54, 1.807) is 0 Å². The van der Waals surface area contributed by atoms with E-state index in [1.807, 2.05) is 0 Å². The first-order valence-electron chi connectivity index (χ1n) is 3.52. The number of ether oxygens (including phenoxy) is 2. The van der Waals surface area contributed by atoms with Crippen LogP contribution in [-0.2, 0) is 19.1 Å². The minimum Gasteiger partial charge on any atom is -0.432 e. The molecule has 0 aliphatic rings. The third kappa shape index (κ3) is 8.57. The topological polar surface area (TPSA) is 99.9 Å². The number of nitrogens with two attached hydrogens (primary N) is 1. The van der Waals surface area contributed by atoms with Gasteiger partial charge in [-0.15, -0.1) is 0 Å². The Bertz CT molecular complexity index is 172. The standard InChI is InChI=1S/C6H12N2O5/c1-5(9)8-4-12-6(10)11-2-3-13-7/h2-4,7H2,1H3,(H,8,9). The summed E-state index contributed by atoms with van der Waals surface area (Å²) in [6, 6.07) is 0. The van der Waals surface area contributed by atoms with Gasteiger partial charge in [0.2, 0.25) is 5.91 Å². The molecule has 0 aromatic rings. The lowest BCUT2D eigenvalue weighted by molar-refractivity contribution is -0.120. The van der Waals surface area contributed by atoms with Crippen molar-refractivity contribution >= 4 is 12.1 Å². The zero-order chi connectivity index (χ0) is 10.1. The summed E-state index contributed by atoms with van der Waals surface area (Å²) in [6.07, 6.45) is -0.884. The summed E-state index contributed by atoms with van der Waals surface area (Å²) in [5, 5.41) is 2.25. The Balaban J connectivity index is 3.25. The molecule has 76 valence electrons. The van der Waals surface area contributed by atoms with Crippen LogP contribution in [0, 0.1) is 0 Å². The lowest BCUT2D eigenvalue weighted by Crippen LogP contribution is -2.25. The second kappa shape index (κ2) is 7.32. The van der Waals surface area contributed by atoms with Crippen molar-refractivity contribution in [2.24, 2.45) is 5.90 Å². The highest BCUT2D eigenvalue weighted by Crippen LogP contribution is 1.83. The van der Waals surface area contributed by atoms with Crippen LogP contribution in [-0.4, -0.2) is 32.0 Å². The summed E-state index contributed by atoms with van der Waals surface area (Å²) in [6.45, 7) is 1.19. The number of rotatable bonds is 5. The van der Waals surface area contributed by atoms with Gasteiger partial charge in [0.1, 0.15) is 13.2 Å². The fourth-order valence-electron chi connectivity index (χ4n) is 0.411. The molecule has 0 fully saturated rings. The van der Waals surface area contributed by atoms with E-state index in [1.165, 1.54) is 6.92 Å². The van der Waals surface area contributed by atoms with Crippen LogP contribution in [0.4, 0.5) is 4.79 Å². The maximum atomic E-state index is 10.6. The highest BCUT2D eigenvalue weighted by atomic mass is 16.7. The number of hydrogen-bond donors (Lipinski definition) is 2. The molecule has 0 saturated carbocycles. The Morgan fingerprint density at radius 2 is 2.00 bits per heavy atom. The average Bonchev–Trinajstić information content (AvgIpc) is 2.04. The second-order valence-electron chi connectivity index (χ2n) is 1.99. The van der Waals surface area contributed by atoms with E-state index < -0.39 is 6.16 Å². The molecule has 0 aromatic heterocycles. The molecule has 7 nitrogen and oxygen atoms in total. The van der Waals surface area contributed by atoms with Crippen molar-refractivity contribution in [2.75, 3.05) is 19.9 Å². The van der Waals surface area contributed by atoms with Crippen LogP contribution in [0.25, 0.3) is 0 Å². The molecule has 0 atom stereocenters. The Hall–Kier alpha value is -1.34. The molecular formula is C6H12N2O5. The van der Waals surface area contributed by atoms with E-state index >= 15 is 0 Å². The normalized spacial score (nSPS) is 9.08. The van der Waals surface area contributed by atoms with Crippen molar-refractivity contribution in [1.29, 1.82) is 0 Å². The molecule has 0 heterocycles. The fraction of sp³-hybridized carbons (Fsp3) is 0.667. The SMILES string of the molecule is CC(=O)NCOC(=O)OCCON. The van der Waals surface area contributed by atoms with E-state index in [9.17, 15) is 9.59 Å². The fourth-order valence-corrected chi connectivity index (χ4v) is 0.411. The highest BCUT2D eigenvalue weighted by molar-refractivity contribution is 5.72. The molecule has 0 rings (SSSR count). The van der Waals surface area contributed by atoms with Gasteiger partial charge in [0.25, 0.3) is 0 Å². The first-order valence-corrected chi connectivity index (χ1v) is 3.52. The molecule has 0 aromatic carbocycles. The monoisotopic (exact) mass is 192 g/mol. The summed E-state index contributed by atoms with van der Waals surface area (Å²) in [5.74, 6) is 4.37. The average molecular weight is 192 g/mol. The van der Waals surface area contributed by atoms with E-state index in [0.29, 0.717) is 0 Å². The Morgan fingerprint density at radius 1 is 1.31 bits per heavy atom. The Morgan fingerprint density at radius 3 is 2.54 bits per heavy atom. The lowest BCUT2D eigenvalue weighted by Gasteiger charge is -2.05. The van der Waals surface area contributed by atoms with Gasteiger partial charge in [-0.1, -0.05) is 0 Å². The predicted octanol–water partition coefficient (Wildman–Crippen LogP) is -0.876. The van der Waals surface area contributed by atoms with Gasteiger partial charge in [0.15, 0.2) is 6.73 Å². The number of nitrogens with one attached hydrogen (secondary N) is 1. The zero-order valence-electron chi connectivity index (χ0n) is 7.24. The van der Waals surface area contributed by atoms with Gasteiger partial charge in [-0.05, 0) is 0 Å². The van der Waals surface area contributed by atoms with Gasteiger partial charge >= 0.3 is 6.16 Å². The number of carbonyl (C=O) groups excluding carboxylic acids is 2. The van der Waals surface area contributed by atoms with Gasteiger partial charge in [-0.25, -0.2) is 10.7 Å². The number of amides is 1. The molecule has 13 heavy (non-hydrogen) atoms. The largest absolute Gasteiger partial charge is 0.510 e. The van der Waals surface area contributed by atoms with Crippen LogP contribution in [0.15, 0.2) is 0 Å². The third-order valence-corrected chi connectivity index (χ3v) is 0.932. The Labute approximate surface area is 75.1 Å². The molecule has 1 amide bonds. The molecule has 0 bridgehead atoms. The van der Waals surface area contributed by atoms with E-state index in [0.717, 1.165) is 0 Å². The van der Waals surface area contributed by atoms with E-state index in [4.69, 9.17) is 0 Å². The Kier molecular flexibility index (Phi) is 6.56. The maximum Gasteiger partial charge on any atom is 0.510 e. The van der Waals surface area contributed by atoms with Crippen molar-refractivity contribution in [3.05, 3.63) is 0 Å². The predicted molar refractivity (Wildman–Crippen MR) is 41.3 cm³/mol. The zero-order valence-corrected chi connectivity index (χ0v) is 7.24. The highest BCUT2D eigenvalue weighted by Gasteiger charge is 2.02. The number of hydrogen-bond acceptors (Lipinski definition) is 6. The van der Waals surface area contributed by atoms with Crippen molar-refractivity contribution in [2.45, 2.75) is 6.92 Å². The summed E-state index contributed by atoms with van der Waals surface area (Å²) in [4.78, 5) is 25.0. The van der Waals surface area contributed by atoms with Crippen LogP contribution in [0.1, 0.15) is 6.92 Å². The second-order valence-corrected chi connectivity index (χ2v) is 1.99. The lowest BCUT2D eigenvalue weighted by atomic mass is 10.7. The minimum atomic E-state index is -0.884. The van der Waals surface area contributed by atoms with Crippen molar-refractivity contribution in [1.82, 2.24) is 5.32 Å². The molecule has 3 N–H and O–H groups in total. The van der Waals surface area contributed by atoms with Crippen LogP contribution in [0.3, 0.4) is 0 Å². The van der Waals surface area contributed by atoms with Gasteiger partial charge in [-0.2, -0.15) is 0 Å². The van der Waals surface area contributed by atoms with Gasteiger partial charge in [0.05, 0.1) is 0 Å². The summed E-state index contributed by atoms with van der Waals surface area (Å²) in [7, 11) is 0. The minimum absolute atomic E-state index is 0.00933. The molecule has 0 saturated heterocycles. The van der Waals surface area contributed by atoms with Crippen molar-refractivity contribution < 1.29 is 23.9 Å². The summed E-state index contributed by atoms with van der Waals surface area (Å²) < 4.78 is 8.86. The van der Waals surface area contributed by atoms with Gasteiger partial charge in [0, 0.05) is 6.92 Å². The van der Waals surface area contributed by atoms with Crippen LogP contribution >= 0.6 is 0 Å². The van der Waals surface area contributed by atoms with Gasteiger partial charge < -0.3 is 19.6 Å². The molecular weight excluding hydrogens is 180 g/mol. The van der Waals surface area contributed by atoms with Crippen molar-refractivity contribution in [3.8, 4) is 0 Å². The van der Waals surface area contributed by atoms with E-state index in [-0.39, 0.29) is 25.9 Å². The first-order chi connectivity index (χ1) is 6.16. The van der Waals surface area contributed by atoms with Gasteiger partial charge in [-0.3, -0.25) is 4.79 Å². The molecule has 0 aliphatic heterocycles. The van der Waals surface area contributed by atoms with Crippen molar-refractivity contribution in [3.63, 3.8) is 0 Å². The number of carbonyl (C=O) groups is 2. The molecule has 0 radical (unpaired) electrons. The summed E-state index contributed by atoms with van der Waals surface area (Å²) in [5.41, 5.74) is 0. The quantitative estimate of drug-likeness (QED) is 0.254. The maximum absolute atomic E-state index is 10.6. The smallest absolute Gasteiger partial charge is 0.432 e. The molecule has 0 unspecified atom stereocenters. The summed E-state index contributed by atoms with van der Waals surface area (Å²) >= 11 is 0. The van der Waals surface area contributed by atoms with E-state index in [2.05, 4.69) is 25.5 Å². The third-order valence-electron chi connectivity index (χ3n) is 0.932. The molecule has 0 aliphatic carbocycles. The molecule has 7 heteroatoms.